The Balaban J connectivity index is 2.63. The first kappa shape index (κ1) is 13.7. The maximum absolute atomic E-state index is 12.0. The van der Waals surface area contributed by atoms with Crippen LogP contribution in [0.15, 0.2) is 12.1 Å². The molecule has 0 bridgehead atoms. The molecule has 0 amide bonds. The lowest BCUT2D eigenvalue weighted by Crippen LogP contribution is -2.52. The first-order valence-electron chi connectivity index (χ1n) is 5.98. The van der Waals surface area contributed by atoms with Gasteiger partial charge in [-0.1, -0.05) is 0 Å². The van der Waals surface area contributed by atoms with Crippen LogP contribution in [0.3, 0.4) is 0 Å². The number of hydrogen-bond acceptors (Lipinski definition) is 5. The van der Waals surface area contributed by atoms with Gasteiger partial charge in [-0.05, 0) is 6.92 Å². The van der Waals surface area contributed by atoms with Crippen molar-refractivity contribution in [2.24, 2.45) is 0 Å². The molecule has 5 heteroatoms. The predicted octanol–water partition coefficient (Wildman–Crippen LogP) is 1.57. The van der Waals surface area contributed by atoms with E-state index in [2.05, 4.69) is 0 Å². The second-order valence-corrected chi connectivity index (χ2v) is 4.54. The third-order valence-corrected chi connectivity index (χ3v) is 3.56. The highest BCUT2D eigenvalue weighted by Crippen LogP contribution is 2.46. The Morgan fingerprint density at radius 1 is 1.11 bits per heavy atom. The summed E-state index contributed by atoms with van der Waals surface area (Å²) in [6.45, 7) is 2.26. The minimum Gasteiger partial charge on any atom is -0.496 e. The van der Waals surface area contributed by atoms with E-state index < -0.39 is 5.41 Å². The Bertz CT molecular complexity index is 466. The monoisotopic (exact) mass is 266 g/mol. The average molecular weight is 266 g/mol. The molecule has 0 aromatic heterocycles. The van der Waals surface area contributed by atoms with Crippen LogP contribution in [0.1, 0.15) is 12.5 Å². The Labute approximate surface area is 112 Å². The standard InChI is InChI=1S/C14H18O5/c1-9(15)14(7-19-8-14)13-11(17-3)5-10(16-2)6-12(13)18-4/h5-6H,7-8H2,1-4H3. The molecule has 0 N–H and O–H groups in total. The van der Waals surface area contributed by atoms with Gasteiger partial charge in [0.15, 0.2) is 0 Å². The van der Waals surface area contributed by atoms with Gasteiger partial charge in [0.25, 0.3) is 0 Å². The number of hydrogen-bond donors (Lipinski definition) is 0. The van der Waals surface area contributed by atoms with Crippen LogP contribution < -0.4 is 14.2 Å². The second kappa shape index (κ2) is 5.09. The first-order valence-corrected chi connectivity index (χ1v) is 5.98. The smallest absolute Gasteiger partial charge is 0.145 e. The van der Waals surface area contributed by atoms with Gasteiger partial charge < -0.3 is 18.9 Å². The molecule has 1 aromatic rings. The normalized spacial score (nSPS) is 16.4. The Morgan fingerprint density at radius 2 is 1.63 bits per heavy atom. The van der Waals surface area contributed by atoms with Gasteiger partial charge in [-0.15, -0.1) is 0 Å². The van der Waals surface area contributed by atoms with Crippen LogP contribution in [-0.4, -0.2) is 40.3 Å². The molecule has 2 rings (SSSR count). The quantitative estimate of drug-likeness (QED) is 0.809. The van der Waals surface area contributed by atoms with Crippen molar-refractivity contribution in [2.45, 2.75) is 12.3 Å². The van der Waals surface area contributed by atoms with Crippen LogP contribution in [-0.2, 0) is 14.9 Å². The molecule has 5 nitrogen and oxygen atoms in total. The van der Waals surface area contributed by atoms with E-state index in [1.165, 1.54) is 0 Å². The van der Waals surface area contributed by atoms with E-state index in [-0.39, 0.29) is 5.78 Å². The Hall–Kier alpha value is -1.75. The maximum Gasteiger partial charge on any atom is 0.145 e. The van der Waals surface area contributed by atoms with E-state index in [1.807, 2.05) is 0 Å². The fourth-order valence-corrected chi connectivity index (χ4v) is 2.31. The van der Waals surface area contributed by atoms with Crippen LogP contribution in [0.2, 0.25) is 0 Å². The van der Waals surface area contributed by atoms with E-state index in [0.717, 1.165) is 5.56 Å². The van der Waals surface area contributed by atoms with Crippen molar-refractivity contribution in [1.82, 2.24) is 0 Å². The zero-order valence-electron chi connectivity index (χ0n) is 11.6. The zero-order valence-corrected chi connectivity index (χ0v) is 11.6. The predicted molar refractivity (Wildman–Crippen MR) is 69.3 cm³/mol. The number of carbonyl (C=O) groups excluding carboxylic acids is 1. The highest BCUT2D eigenvalue weighted by Gasteiger charge is 2.49. The number of methoxy groups -OCH3 is 3. The molecule has 1 aliphatic heterocycles. The molecule has 0 atom stereocenters. The van der Waals surface area contributed by atoms with Crippen molar-refractivity contribution in [2.75, 3.05) is 34.5 Å². The van der Waals surface area contributed by atoms with E-state index in [9.17, 15) is 4.79 Å². The lowest BCUT2D eigenvalue weighted by molar-refractivity contribution is -0.140. The molecular formula is C14H18O5. The first-order chi connectivity index (χ1) is 9.08. The summed E-state index contributed by atoms with van der Waals surface area (Å²) in [7, 11) is 4.69. The lowest BCUT2D eigenvalue weighted by Gasteiger charge is -2.40. The van der Waals surface area contributed by atoms with Crippen molar-refractivity contribution in [3.63, 3.8) is 0 Å². The largest absolute Gasteiger partial charge is 0.496 e. The molecule has 19 heavy (non-hydrogen) atoms. The van der Waals surface area contributed by atoms with Gasteiger partial charge in [0.2, 0.25) is 0 Å². The summed E-state index contributed by atoms with van der Waals surface area (Å²) in [5.74, 6) is 1.82. The van der Waals surface area contributed by atoms with Crippen LogP contribution in [0.4, 0.5) is 0 Å². The van der Waals surface area contributed by atoms with Gasteiger partial charge in [0.05, 0.1) is 40.1 Å². The molecule has 0 saturated carbocycles. The van der Waals surface area contributed by atoms with E-state index in [0.29, 0.717) is 30.5 Å². The molecule has 0 aliphatic carbocycles. The summed E-state index contributed by atoms with van der Waals surface area (Å²) in [6, 6.07) is 3.50. The highest BCUT2D eigenvalue weighted by atomic mass is 16.5. The van der Waals surface area contributed by atoms with Crippen LogP contribution in [0.5, 0.6) is 17.2 Å². The van der Waals surface area contributed by atoms with Gasteiger partial charge in [-0.3, -0.25) is 4.79 Å². The maximum atomic E-state index is 12.0. The number of benzene rings is 1. The summed E-state index contributed by atoms with van der Waals surface area (Å²) in [5, 5.41) is 0. The minimum absolute atomic E-state index is 0.0421. The summed E-state index contributed by atoms with van der Waals surface area (Å²) in [5.41, 5.74) is 0.0558. The van der Waals surface area contributed by atoms with Crippen molar-refractivity contribution in [3.05, 3.63) is 17.7 Å². The summed E-state index contributed by atoms with van der Waals surface area (Å²) < 4.78 is 21.2. The number of rotatable bonds is 5. The van der Waals surface area contributed by atoms with Crippen LogP contribution >= 0.6 is 0 Å². The summed E-state index contributed by atoms with van der Waals surface area (Å²) >= 11 is 0. The van der Waals surface area contributed by atoms with E-state index >= 15 is 0 Å². The minimum atomic E-state index is -0.678. The molecule has 1 saturated heterocycles. The van der Waals surface area contributed by atoms with Gasteiger partial charge in [-0.25, -0.2) is 0 Å². The number of Topliss-reactive ketones (excluding diaryl/α,β-unsaturated/α-hetero) is 1. The van der Waals surface area contributed by atoms with Gasteiger partial charge in [-0.2, -0.15) is 0 Å². The highest BCUT2D eigenvalue weighted by molar-refractivity contribution is 5.91. The molecule has 0 spiro atoms. The molecule has 1 aliphatic rings. The zero-order chi connectivity index (χ0) is 14.0. The van der Waals surface area contributed by atoms with Gasteiger partial charge in [0.1, 0.15) is 28.4 Å². The third-order valence-electron chi connectivity index (χ3n) is 3.56. The summed E-state index contributed by atoms with van der Waals surface area (Å²) in [6.07, 6.45) is 0. The number of carbonyl (C=O) groups is 1. The topological polar surface area (TPSA) is 54.0 Å². The average Bonchev–Trinajstić information content (AvgIpc) is 2.36. The summed E-state index contributed by atoms with van der Waals surface area (Å²) in [4.78, 5) is 12.0. The van der Waals surface area contributed by atoms with Gasteiger partial charge in [0, 0.05) is 12.1 Å². The van der Waals surface area contributed by atoms with Crippen molar-refractivity contribution >= 4 is 5.78 Å². The fourth-order valence-electron chi connectivity index (χ4n) is 2.31. The fraction of sp³-hybridized carbons (Fsp3) is 0.500. The second-order valence-electron chi connectivity index (χ2n) is 4.54. The number of ketones is 1. The molecule has 1 fully saturated rings. The lowest BCUT2D eigenvalue weighted by atomic mass is 9.74. The van der Waals surface area contributed by atoms with Crippen molar-refractivity contribution in [1.29, 1.82) is 0 Å². The molecule has 1 aromatic carbocycles. The molecule has 104 valence electrons. The third kappa shape index (κ3) is 2.04. The van der Waals surface area contributed by atoms with E-state index in [1.54, 1.807) is 40.4 Å². The molecule has 1 heterocycles. The SMILES string of the molecule is COc1cc(OC)c(C2(C(C)=O)COC2)c(OC)c1. The van der Waals surface area contributed by atoms with Crippen LogP contribution in [0, 0.1) is 0 Å². The molecule has 0 radical (unpaired) electrons. The van der Waals surface area contributed by atoms with E-state index in [4.69, 9.17) is 18.9 Å². The molecular weight excluding hydrogens is 248 g/mol. The van der Waals surface area contributed by atoms with Gasteiger partial charge >= 0.3 is 0 Å². The Morgan fingerprint density at radius 3 is 1.89 bits per heavy atom. The van der Waals surface area contributed by atoms with Crippen molar-refractivity contribution in [3.8, 4) is 17.2 Å². The molecule has 0 unspecified atom stereocenters. The van der Waals surface area contributed by atoms with Crippen LogP contribution in [0.25, 0.3) is 0 Å². The Kier molecular flexibility index (Phi) is 3.66. The number of ether oxygens (including phenoxy) is 4. The van der Waals surface area contributed by atoms with Crippen molar-refractivity contribution < 1.29 is 23.7 Å².